The molecule has 0 bridgehead atoms. The Kier molecular flexibility index (Phi) is 4.80. The van der Waals surface area contributed by atoms with E-state index in [1.54, 1.807) is 12.1 Å². The van der Waals surface area contributed by atoms with Gasteiger partial charge in [-0.2, -0.15) is 0 Å². The average molecular weight is 308 g/mol. The van der Waals surface area contributed by atoms with Crippen LogP contribution < -0.4 is 8.53 Å². The normalized spacial score (nSPS) is 12.2. The molecule has 0 heterocycles. The first-order valence-corrected chi connectivity index (χ1v) is 8.44. The van der Waals surface area contributed by atoms with Crippen molar-refractivity contribution in [2.24, 2.45) is 0 Å². The summed E-state index contributed by atoms with van der Waals surface area (Å²) in [6.45, 7) is 2.04. The summed E-state index contributed by atoms with van der Waals surface area (Å²) in [4.78, 5) is 0. The van der Waals surface area contributed by atoms with Gasteiger partial charge in [-0.25, -0.2) is 0 Å². The van der Waals surface area contributed by atoms with E-state index in [-0.39, 0.29) is 12.4 Å². The zero-order valence-electron chi connectivity index (χ0n) is 8.67. The molecule has 1 rings (SSSR count). The minimum absolute atomic E-state index is 0.102. The Morgan fingerprint density at radius 3 is 2.69 bits per heavy atom. The van der Waals surface area contributed by atoms with Gasteiger partial charge in [0.25, 0.3) is 0 Å². The van der Waals surface area contributed by atoms with Crippen LogP contribution in [0, 0.1) is 6.92 Å². The third-order valence-electron chi connectivity index (χ3n) is 1.84. The third-order valence-corrected chi connectivity index (χ3v) is 5.16. The van der Waals surface area contributed by atoms with Gasteiger partial charge in [0.05, 0.1) is 0 Å². The Hall–Kier alpha value is -0.552. The van der Waals surface area contributed by atoms with Gasteiger partial charge < -0.3 is 0 Å². The molecule has 0 aromatic heterocycles. The molecular weight excluding hydrogens is 295 g/mol. The topological polar surface area (TPSA) is 83.8 Å². The van der Waals surface area contributed by atoms with Gasteiger partial charge in [0.1, 0.15) is 0 Å². The third kappa shape index (κ3) is 4.53. The van der Waals surface area contributed by atoms with Gasteiger partial charge >= 0.3 is 101 Å². The summed E-state index contributed by atoms with van der Waals surface area (Å²) >= 11 is -0.496. The molecule has 0 aliphatic carbocycles. The van der Waals surface area contributed by atoms with Crippen LogP contribution in [0.3, 0.4) is 0 Å². The van der Waals surface area contributed by atoms with Crippen molar-refractivity contribution in [3.63, 3.8) is 0 Å². The van der Waals surface area contributed by atoms with E-state index in [1.165, 1.54) is 6.07 Å². The summed E-state index contributed by atoms with van der Waals surface area (Å²) in [5.41, 5.74) is 1.04. The molecular formula is C9H13AsO5S. The number of rotatable bonds is 5. The van der Waals surface area contributed by atoms with E-state index in [4.69, 9.17) is 9.66 Å². The molecule has 16 heavy (non-hydrogen) atoms. The molecule has 0 saturated heterocycles. The summed E-state index contributed by atoms with van der Waals surface area (Å²) in [7, 11) is -4.46. The van der Waals surface area contributed by atoms with E-state index in [9.17, 15) is 8.42 Å². The first-order chi connectivity index (χ1) is 7.42. The van der Waals surface area contributed by atoms with E-state index in [2.05, 4.69) is 4.18 Å². The average Bonchev–Trinajstić information content (AvgIpc) is 2.17. The zero-order valence-corrected chi connectivity index (χ0v) is 11.6. The van der Waals surface area contributed by atoms with Crippen LogP contribution in [0.2, 0.25) is 5.21 Å². The molecule has 0 aliphatic rings. The molecule has 0 saturated carbocycles. The number of benzene rings is 1. The summed E-state index contributed by atoms with van der Waals surface area (Å²) < 4.78 is 34.9. The Morgan fingerprint density at radius 1 is 1.44 bits per heavy atom. The molecule has 1 aromatic carbocycles. The van der Waals surface area contributed by atoms with E-state index in [1.807, 2.05) is 6.92 Å². The summed E-state index contributed by atoms with van der Waals surface area (Å²) in [6, 6.07) is 4.81. The van der Waals surface area contributed by atoms with Crippen LogP contribution in [0.5, 0.6) is 5.75 Å². The van der Waals surface area contributed by atoms with Crippen molar-refractivity contribution >= 4 is 30.5 Å². The fraction of sp³-hybridized carbons (Fsp3) is 0.333. The van der Waals surface area contributed by atoms with Gasteiger partial charge in [-0.05, 0) is 0 Å². The Balaban J connectivity index is 2.89. The van der Waals surface area contributed by atoms with Crippen LogP contribution >= 0.6 is 0 Å². The fourth-order valence-corrected chi connectivity index (χ4v) is 3.57. The van der Waals surface area contributed by atoms with Crippen LogP contribution in [-0.2, 0) is 10.4 Å². The van der Waals surface area contributed by atoms with Crippen molar-refractivity contribution in [1.29, 1.82) is 0 Å². The quantitative estimate of drug-likeness (QED) is 0.574. The van der Waals surface area contributed by atoms with Crippen LogP contribution in [-0.4, -0.2) is 40.4 Å². The molecule has 0 fully saturated rings. The second-order valence-corrected chi connectivity index (χ2v) is 7.08. The first-order valence-electron chi connectivity index (χ1n) is 4.54. The van der Waals surface area contributed by atoms with Gasteiger partial charge in [0.2, 0.25) is 0 Å². The molecule has 7 heteroatoms. The van der Waals surface area contributed by atoms with Crippen molar-refractivity contribution in [1.82, 2.24) is 0 Å². The van der Waals surface area contributed by atoms with Crippen molar-refractivity contribution < 1.29 is 22.3 Å². The number of hydrogen-bond acceptors (Lipinski definition) is 4. The predicted molar refractivity (Wildman–Crippen MR) is 62.0 cm³/mol. The molecule has 0 aliphatic heterocycles. The second-order valence-electron chi connectivity index (χ2n) is 3.14. The molecule has 0 amide bonds. The van der Waals surface area contributed by atoms with Crippen molar-refractivity contribution in [3.8, 4) is 5.75 Å². The summed E-state index contributed by atoms with van der Waals surface area (Å²) in [5.74, 6) is 0.102. The van der Waals surface area contributed by atoms with E-state index < -0.39 is 26.2 Å². The number of aliphatic hydroxyl groups excluding tert-OH is 1. The molecule has 0 spiro atoms. The van der Waals surface area contributed by atoms with E-state index in [0.717, 1.165) is 15.1 Å². The zero-order chi connectivity index (χ0) is 12.2. The predicted octanol–water partition coefficient (Wildman–Crippen LogP) is -0.351. The van der Waals surface area contributed by atoms with Crippen molar-refractivity contribution in [3.05, 3.63) is 23.8 Å². The summed E-state index contributed by atoms with van der Waals surface area (Å²) in [5, 5.41) is 9.46. The molecule has 1 aromatic rings. The van der Waals surface area contributed by atoms with Crippen LogP contribution in [0.1, 0.15) is 5.56 Å². The molecule has 1 unspecified atom stereocenters. The monoisotopic (exact) mass is 308 g/mol. The molecule has 2 N–H and O–H groups in total. The molecule has 5 nitrogen and oxygen atoms in total. The molecule has 0 radical (unpaired) electrons. The van der Waals surface area contributed by atoms with Gasteiger partial charge in [-0.15, -0.1) is 0 Å². The maximum atomic E-state index is 10.5. The second kappa shape index (κ2) is 5.68. The van der Waals surface area contributed by atoms with Gasteiger partial charge in [-0.3, -0.25) is 0 Å². The number of hydrogen-bond donors (Lipinski definition) is 2. The molecule has 90 valence electrons. The fourth-order valence-electron chi connectivity index (χ4n) is 1.16. The van der Waals surface area contributed by atoms with E-state index >= 15 is 0 Å². The van der Waals surface area contributed by atoms with Gasteiger partial charge in [-0.1, -0.05) is 0 Å². The Bertz CT molecular complexity index is 457. The SMILES string of the molecule is Cc1ccc(OS(=O)(=O)O)cc1[AsH]CCO. The Labute approximate surface area is 101 Å². The van der Waals surface area contributed by atoms with Gasteiger partial charge in [0.15, 0.2) is 0 Å². The number of aryl methyl sites for hydroxylation is 1. The van der Waals surface area contributed by atoms with Crippen LogP contribution in [0.15, 0.2) is 18.2 Å². The van der Waals surface area contributed by atoms with Crippen molar-refractivity contribution in [2.75, 3.05) is 6.61 Å². The summed E-state index contributed by atoms with van der Waals surface area (Å²) in [6.07, 6.45) is 0. The van der Waals surface area contributed by atoms with Crippen LogP contribution in [0.4, 0.5) is 0 Å². The maximum absolute atomic E-state index is 10.5. The Morgan fingerprint density at radius 2 is 2.12 bits per heavy atom. The standard InChI is InChI=1S/C9H13AsO5S/c1-7-2-3-8(15-16(12,13)14)6-9(7)10-4-5-11/h2-3,6,10-11H,4-5H2,1H3,(H,12,13,14). The van der Waals surface area contributed by atoms with E-state index in [0.29, 0.717) is 0 Å². The first kappa shape index (κ1) is 13.5. The van der Waals surface area contributed by atoms with Crippen LogP contribution in [0.25, 0.3) is 0 Å². The number of aliphatic hydroxyl groups is 1. The molecule has 1 atom stereocenters. The minimum atomic E-state index is -4.46. The van der Waals surface area contributed by atoms with Gasteiger partial charge in [0, 0.05) is 0 Å². The van der Waals surface area contributed by atoms with Crippen molar-refractivity contribution in [2.45, 2.75) is 12.1 Å².